The van der Waals surface area contributed by atoms with Gasteiger partial charge in [0, 0.05) is 41.4 Å². The third-order valence-electron chi connectivity index (χ3n) is 3.65. The number of carbonyl (C=O) groups is 2. The SMILES string of the molecule is CC(=O)N[C@@H]1CCCN(C(=O)Nc2ccc(SC(C)(C)C)cc2)C1. The molecule has 0 aromatic heterocycles. The summed E-state index contributed by atoms with van der Waals surface area (Å²) in [5, 5.41) is 5.84. The molecule has 1 aromatic carbocycles. The Morgan fingerprint density at radius 2 is 1.88 bits per heavy atom. The van der Waals surface area contributed by atoms with Crippen LogP contribution in [-0.4, -0.2) is 40.7 Å². The molecule has 132 valence electrons. The maximum Gasteiger partial charge on any atom is 0.321 e. The van der Waals surface area contributed by atoms with Gasteiger partial charge >= 0.3 is 6.03 Å². The Hall–Kier alpha value is -1.69. The van der Waals surface area contributed by atoms with Gasteiger partial charge in [0.15, 0.2) is 0 Å². The van der Waals surface area contributed by atoms with Crippen LogP contribution >= 0.6 is 11.8 Å². The van der Waals surface area contributed by atoms with Crippen molar-refractivity contribution in [1.82, 2.24) is 10.2 Å². The van der Waals surface area contributed by atoms with Crippen molar-refractivity contribution < 1.29 is 9.59 Å². The number of thioether (sulfide) groups is 1. The Morgan fingerprint density at radius 1 is 1.21 bits per heavy atom. The van der Waals surface area contributed by atoms with Crippen molar-refractivity contribution in [3.05, 3.63) is 24.3 Å². The van der Waals surface area contributed by atoms with Gasteiger partial charge in [-0.1, -0.05) is 20.8 Å². The van der Waals surface area contributed by atoms with E-state index in [4.69, 9.17) is 0 Å². The van der Waals surface area contributed by atoms with Gasteiger partial charge in [-0.3, -0.25) is 4.79 Å². The van der Waals surface area contributed by atoms with Crippen LogP contribution in [0.15, 0.2) is 29.2 Å². The average molecular weight is 350 g/mol. The van der Waals surface area contributed by atoms with E-state index in [0.29, 0.717) is 6.54 Å². The first-order chi connectivity index (χ1) is 11.2. The summed E-state index contributed by atoms with van der Waals surface area (Å²) in [5.74, 6) is -0.0470. The lowest BCUT2D eigenvalue weighted by Crippen LogP contribution is -2.50. The van der Waals surface area contributed by atoms with Crippen LogP contribution in [0.2, 0.25) is 0 Å². The molecule has 0 radical (unpaired) electrons. The van der Waals surface area contributed by atoms with Crippen molar-refractivity contribution in [2.45, 2.75) is 56.2 Å². The van der Waals surface area contributed by atoms with Crippen LogP contribution in [0.4, 0.5) is 10.5 Å². The Kier molecular flexibility index (Phi) is 6.15. The Morgan fingerprint density at radius 3 is 2.46 bits per heavy atom. The fourth-order valence-corrected chi connectivity index (χ4v) is 3.71. The molecule has 1 saturated heterocycles. The fraction of sp³-hybridized carbons (Fsp3) is 0.556. The second-order valence-corrected chi connectivity index (χ2v) is 9.05. The summed E-state index contributed by atoms with van der Waals surface area (Å²) < 4.78 is 0.164. The van der Waals surface area contributed by atoms with Crippen molar-refractivity contribution in [3.8, 4) is 0 Å². The number of anilines is 1. The minimum atomic E-state index is -0.110. The second-order valence-electron chi connectivity index (χ2n) is 7.15. The Balaban J connectivity index is 1.90. The first kappa shape index (κ1) is 18.6. The van der Waals surface area contributed by atoms with E-state index in [1.807, 2.05) is 24.3 Å². The molecular weight excluding hydrogens is 322 g/mol. The van der Waals surface area contributed by atoms with Gasteiger partial charge in [-0.05, 0) is 37.1 Å². The third kappa shape index (κ3) is 6.07. The van der Waals surface area contributed by atoms with Gasteiger partial charge in [0.2, 0.25) is 5.91 Å². The number of urea groups is 1. The minimum absolute atomic E-state index is 0.0470. The van der Waals surface area contributed by atoms with Crippen molar-refractivity contribution in [2.24, 2.45) is 0 Å². The van der Waals surface area contributed by atoms with Crippen molar-refractivity contribution in [2.75, 3.05) is 18.4 Å². The third-order valence-corrected chi connectivity index (χ3v) is 4.77. The molecule has 0 unspecified atom stereocenters. The van der Waals surface area contributed by atoms with Crippen molar-refractivity contribution in [1.29, 1.82) is 0 Å². The van der Waals surface area contributed by atoms with Crippen LogP contribution in [-0.2, 0) is 4.79 Å². The number of benzene rings is 1. The molecule has 1 atom stereocenters. The highest BCUT2D eigenvalue weighted by Gasteiger charge is 2.24. The number of piperidine rings is 1. The molecule has 3 amide bonds. The lowest BCUT2D eigenvalue weighted by molar-refractivity contribution is -0.119. The predicted molar refractivity (Wildman–Crippen MR) is 99.5 cm³/mol. The first-order valence-electron chi connectivity index (χ1n) is 8.35. The van der Waals surface area contributed by atoms with Crippen LogP contribution in [0.25, 0.3) is 0 Å². The number of hydrogen-bond acceptors (Lipinski definition) is 3. The standard InChI is InChI=1S/C18H27N3O2S/c1-13(22)19-15-6-5-11-21(12-15)17(23)20-14-7-9-16(10-8-14)24-18(2,3)4/h7-10,15H,5-6,11-12H2,1-4H3,(H,19,22)(H,20,23)/t15-/m1/s1. The Bertz CT molecular complexity index is 581. The highest BCUT2D eigenvalue weighted by Crippen LogP contribution is 2.32. The van der Waals surface area contributed by atoms with Gasteiger partial charge in [0.05, 0.1) is 0 Å². The van der Waals surface area contributed by atoms with E-state index >= 15 is 0 Å². The highest BCUT2D eigenvalue weighted by molar-refractivity contribution is 8.00. The largest absolute Gasteiger partial charge is 0.352 e. The normalized spacial score (nSPS) is 18.2. The van der Waals surface area contributed by atoms with Gasteiger partial charge in [0.1, 0.15) is 0 Å². The van der Waals surface area contributed by atoms with Crippen LogP contribution in [0.3, 0.4) is 0 Å². The van der Waals surface area contributed by atoms with E-state index in [2.05, 4.69) is 31.4 Å². The molecule has 0 spiro atoms. The Labute approximate surface area is 148 Å². The molecule has 1 aliphatic rings. The maximum absolute atomic E-state index is 12.4. The molecule has 1 aromatic rings. The number of amides is 3. The van der Waals surface area contributed by atoms with E-state index in [9.17, 15) is 9.59 Å². The lowest BCUT2D eigenvalue weighted by atomic mass is 10.1. The number of rotatable bonds is 3. The van der Waals surface area contributed by atoms with Gasteiger partial charge in [0.25, 0.3) is 0 Å². The molecular formula is C18H27N3O2S. The first-order valence-corrected chi connectivity index (χ1v) is 9.17. The monoisotopic (exact) mass is 349 g/mol. The number of nitrogens with zero attached hydrogens (tertiary/aromatic N) is 1. The smallest absolute Gasteiger partial charge is 0.321 e. The van der Waals surface area contributed by atoms with Crippen molar-refractivity contribution in [3.63, 3.8) is 0 Å². The molecule has 24 heavy (non-hydrogen) atoms. The van der Waals surface area contributed by atoms with Gasteiger partial charge in [-0.15, -0.1) is 11.8 Å². The van der Waals surface area contributed by atoms with E-state index in [1.54, 1.807) is 16.7 Å². The van der Waals surface area contributed by atoms with Crippen LogP contribution in [0.5, 0.6) is 0 Å². The molecule has 1 heterocycles. The van der Waals surface area contributed by atoms with E-state index in [0.717, 1.165) is 25.1 Å². The number of hydrogen-bond donors (Lipinski definition) is 2. The van der Waals surface area contributed by atoms with Crippen LogP contribution in [0.1, 0.15) is 40.5 Å². The zero-order valence-corrected chi connectivity index (χ0v) is 15.7. The number of nitrogens with one attached hydrogen (secondary N) is 2. The zero-order chi connectivity index (χ0) is 17.7. The summed E-state index contributed by atoms with van der Waals surface area (Å²) in [6, 6.07) is 7.86. The highest BCUT2D eigenvalue weighted by atomic mass is 32.2. The summed E-state index contributed by atoms with van der Waals surface area (Å²) in [5.41, 5.74) is 0.792. The number of likely N-dealkylation sites (tertiary alicyclic amines) is 1. The van der Waals surface area contributed by atoms with E-state index < -0.39 is 0 Å². The molecule has 5 nitrogen and oxygen atoms in total. The maximum atomic E-state index is 12.4. The predicted octanol–water partition coefficient (Wildman–Crippen LogP) is 3.71. The van der Waals surface area contributed by atoms with Gasteiger partial charge in [-0.25, -0.2) is 4.79 Å². The molecule has 2 N–H and O–H groups in total. The summed E-state index contributed by atoms with van der Waals surface area (Å²) in [6.07, 6.45) is 1.82. The van der Waals surface area contributed by atoms with E-state index in [-0.39, 0.29) is 22.7 Å². The average Bonchev–Trinajstić information content (AvgIpc) is 2.47. The van der Waals surface area contributed by atoms with E-state index in [1.165, 1.54) is 11.8 Å². The molecule has 1 aliphatic heterocycles. The summed E-state index contributed by atoms with van der Waals surface area (Å²) in [7, 11) is 0. The number of carbonyl (C=O) groups excluding carboxylic acids is 2. The molecule has 0 aliphatic carbocycles. The van der Waals surface area contributed by atoms with Gasteiger partial charge in [-0.2, -0.15) is 0 Å². The molecule has 1 fully saturated rings. The van der Waals surface area contributed by atoms with Crippen LogP contribution in [0, 0.1) is 0 Å². The topological polar surface area (TPSA) is 61.4 Å². The molecule has 2 rings (SSSR count). The van der Waals surface area contributed by atoms with Crippen molar-refractivity contribution >= 4 is 29.4 Å². The summed E-state index contributed by atoms with van der Waals surface area (Å²) >= 11 is 1.80. The lowest BCUT2D eigenvalue weighted by Gasteiger charge is -2.33. The summed E-state index contributed by atoms with van der Waals surface area (Å²) in [6.45, 7) is 9.32. The van der Waals surface area contributed by atoms with Crippen LogP contribution < -0.4 is 10.6 Å². The molecule has 0 bridgehead atoms. The zero-order valence-electron chi connectivity index (χ0n) is 14.9. The summed E-state index contributed by atoms with van der Waals surface area (Å²) in [4.78, 5) is 26.5. The quantitative estimate of drug-likeness (QED) is 0.818. The van der Waals surface area contributed by atoms with Gasteiger partial charge < -0.3 is 15.5 Å². The molecule has 0 saturated carbocycles. The molecule has 6 heteroatoms. The second kappa shape index (κ2) is 7.92. The minimum Gasteiger partial charge on any atom is -0.352 e. The fourth-order valence-electron chi connectivity index (χ4n) is 2.73.